The molecule has 0 aromatic heterocycles. The van der Waals surface area contributed by atoms with E-state index in [9.17, 15) is 18.0 Å². The van der Waals surface area contributed by atoms with Crippen LogP contribution in [0.3, 0.4) is 0 Å². The number of benzene rings is 4. The van der Waals surface area contributed by atoms with Crippen molar-refractivity contribution in [2.24, 2.45) is 5.73 Å². The minimum atomic E-state index is -4.08. The van der Waals surface area contributed by atoms with Gasteiger partial charge in [0.25, 0.3) is 21.8 Å². The summed E-state index contributed by atoms with van der Waals surface area (Å²) >= 11 is 6.03. The number of nitrogens with two attached hydrogens (primary N) is 1. The zero-order chi connectivity index (χ0) is 26.6. The number of aryl methyl sites for hydroxylation is 1. The zero-order valence-electron chi connectivity index (χ0n) is 19.9. The van der Waals surface area contributed by atoms with Crippen LogP contribution in [0.2, 0.25) is 5.02 Å². The molecule has 0 aliphatic heterocycles. The van der Waals surface area contributed by atoms with Gasteiger partial charge in [0.2, 0.25) is 0 Å². The van der Waals surface area contributed by atoms with E-state index in [4.69, 9.17) is 17.3 Å². The molecule has 0 saturated heterocycles. The molecule has 2 amide bonds. The molecular formula is C28H24ClN3O4S. The third-order valence-electron chi connectivity index (χ3n) is 5.71. The predicted octanol–water partition coefficient (Wildman–Crippen LogP) is 5.40. The Labute approximate surface area is 220 Å². The minimum absolute atomic E-state index is 0.0461. The number of sulfonamides is 1. The quantitative estimate of drug-likeness (QED) is 0.316. The Morgan fingerprint density at radius 3 is 2.08 bits per heavy atom. The molecule has 3 N–H and O–H groups in total. The maximum absolute atomic E-state index is 13.9. The van der Waals surface area contributed by atoms with Gasteiger partial charge in [0, 0.05) is 5.02 Å². The van der Waals surface area contributed by atoms with Crippen LogP contribution in [0.1, 0.15) is 31.8 Å². The Hall–Kier alpha value is -4.14. The van der Waals surface area contributed by atoms with Crippen molar-refractivity contribution in [1.82, 2.24) is 0 Å². The summed E-state index contributed by atoms with van der Waals surface area (Å²) in [5.41, 5.74) is 7.67. The monoisotopic (exact) mass is 533 g/mol. The van der Waals surface area contributed by atoms with E-state index in [1.165, 1.54) is 28.6 Å². The number of hydrogen-bond donors (Lipinski definition) is 2. The summed E-state index contributed by atoms with van der Waals surface area (Å²) in [6, 6.07) is 26.0. The summed E-state index contributed by atoms with van der Waals surface area (Å²) in [7, 11) is -4.08. The lowest BCUT2D eigenvalue weighted by molar-refractivity contribution is 0.100. The van der Waals surface area contributed by atoms with Crippen LogP contribution in [-0.2, 0) is 16.6 Å². The van der Waals surface area contributed by atoms with E-state index < -0.39 is 21.8 Å². The fraction of sp³-hybridized carbons (Fsp3) is 0.0714. The fourth-order valence-electron chi connectivity index (χ4n) is 3.77. The highest BCUT2D eigenvalue weighted by molar-refractivity contribution is 7.92. The zero-order valence-corrected chi connectivity index (χ0v) is 21.5. The summed E-state index contributed by atoms with van der Waals surface area (Å²) in [6.45, 7) is 1.82. The Morgan fingerprint density at radius 1 is 0.838 bits per heavy atom. The maximum Gasteiger partial charge on any atom is 0.264 e. The second-order valence-corrected chi connectivity index (χ2v) is 10.6. The van der Waals surface area contributed by atoms with Crippen LogP contribution in [0, 0.1) is 6.92 Å². The number of amides is 2. The smallest absolute Gasteiger partial charge is 0.264 e. The van der Waals surface area contributed by atoms with Crippen molar-refractivity contribution in [3.05, 3.63) is 124 Å². The van der Waals surface area contributed by atoms with E-state index in [0.717, 1.165) is 5.56 Å². The molecule has 0 aliphatic rings. The van der Waals surface area contributed by atoms with E-state index in [2.05, 4.69) is 5.32 Å². The van der Waals surface area contributed by atoms with Crippen molar-refractivity contribution in [2.45, 2.75) is 18.4 Å². The largest absolute Gasteiger partial charge is 0.366 e. The third-order valence-corrected chi connectivity index (χ3v) is 7.73. The van der Waals surface area contributed by atoms with Crippen molar-refractivity contribution in [2.75, 3.05) is 9.62 Å². The van der Waals surface area contributed by atoms with Gasteiger partial charge in [-0.25, -0.2) is 8.42 Å². The third kappa shape index (κ3) is 5.82. The molecule has 4 rings (SSSR count). The predicted molar refractivity (Wildman–Crippen MR) is 145 cm³/mol. The van der Waals surface area contributed by atoms with Crippen LogP contribution in [-0.4, -0.2) is 20.2 Å². The summed E-state index contributed by atoms with van der Waals surface area (Å²) < 4.78 is 29.0. The lowest BCUT2D eigenvalue weighted by Gasteiger charge is -2.27. The van der Waals surface area contributed by atoms with Crippen LogP contribution < -0.4 is 15.4 Å². The second-order valence-electron chi connectivity index (χ2n) is 8.33. The van der Waals surface area contributed by atoms with Gasteiger partial charge in [-0.2, -0.15) is 0 Å². The first-order valence-electron chi connectivity index (χ1n) is 11.3. The normalized spacial score (nSPS) is 11.1. The SMILES string of the molecule is Cc1ccc(S(=O)(=O)N(Cc2ccc(Cl)cc2)c2ccccc2C(=O)Nc2ccccc2C(N)=O)cc1. The Bertz CT molecular complexity index is 1550. The van der Waals surface area contributed by atoms with Gasteiger partial charge in [0.05, 0.1) is 33.9 Å². The van der Waals surface area contributed by atoms with Gasteiger partial charge in [-0.15, -0.1) is 0 Å². The molecule has 0 radical (unpaired) electrons. The van der Waals surface area contributed by atoms with Crippen molar-refractivity contribution in [3.63, 3.8) is 0 Å². The lowest BCUT2D eigenvalue weighted by atomic mass is 10.1. The molecule has 0 unspecified atom stereocenters. The first-order valence-corrected chi connectivity index (χ1v) is 13.1. The van der Waals surface area contributed by atoms with Crippen LogP contribution in [0.15, 0.2) is 102 Å². The van der Waals surface area contributed by atoms with Crippen molar-refractivity contribution in [3.8, 4) is 0 Å². The number of halogens is 1. The van der Waals surface area contributed by atoms with Crippen LogP contribution >= 0.6 is 11.6 Å². The van der Waals surface area contributed by atoms with Gasteiger partial charge in [-0.05, 0) is 61.0 Å². The summed E-state index contributed by atoms with van der Waals surface area (Å²) in [5, 5.41) is 3.21. The van der Waals surface area contributed by atoms with E-state index in [0.29, 0.717) is 10.6 Å². The summed E-state index contributed by atoms with van der Waals surface area (Å²) in [4.78, 5) is 25.3. The molecule has 0 fully saturated rings. The Morgan fingerprint density at radius 2 is 1.43 bits per heavy atom. The number of anilines is 2. The topological polar surface area (TPSA) is 110 Å². The number of carbonyl (C=O) groups excluding carboxylic acids is 2. The highest BCUT2D eigenvalue weighted by Gasteiger charge is 2.29. The van der Waals surface area contributed by atoms with Crippen LogP contribution in [0.5, 0.6) is 0 Å². The van der Waals surface area contributed by atoms with Gasteiger partial charge >= 0.3 is 0 Å². The lowest BCUT2D eigenvalue weighted by Crippen LogP contribution is -2.32. The van der Waals surface area contributed by atoms with Crippen molar-refractivity contribution < 1.29 is 18.0 Å². The standard InChI is InChI=1S/C28H24ClN3O4S/c1-19-10-16-22(17-11-19)37(35,36)32(18-20-12-14-21(29)15-13-20)26-9-5-3-7-24(26)28(34)31-25-8-4-2-6-23(25)27(30)33/h2-17H,18H2,1H3,(H2,30,33)(H,31,34). The molecule has 0 heterocycles. The van der Waals surface area contributed by atoms with E-state index >= 15 is 0 Å². The molecule has 0 atom stereocenters. The van der Waals surface area contributed by atoms with E-state index in [1.54, 1.807) is 72.8 Å². The van der Waals surface area contributed by atoms with Gasteiger partial charge in [-0.1, -0.05) is 65.7 Å². The maximum atomic E-state index is 13.9. The molecule has 7 nitrogen and oxygen atoms in total. The van der Waals surface area contributed by atoms with Gasteiger partial charge in [0.15, 0.2) is 0 Å². The van der Waals surface area contributed by atoms with E-state index in [1.807, 2.05) is 6.92 Å². The molecule has 188 valence electrons. The highest BCUT2D eigenvalue weighted by Crippen LogP contribution is 2.30. The molecule has 4 aromatic carbocycles. The average Bonchev–Trinajstić information content (AvgIpc) is 2.88. The molecule has 9 heteroatoms. The molecular weight excluding hydrogens is 510 g/mol. The number of nitrogens with one attached hydrogen (secondary N) is 1. The Balaban J connectivity index is 1.80. The number of nitrogens with zero attached hydrogens (tertiary/aromatic N) is 1. The van der Waals surface area contributed by atoms with E-state index in [-0.39, 0.29) is 33.9 Å². The number of para-hydroxylation sites is 2. The molecule has 0 spiro atoms. The number of hydrogen-bond acceptors (Lipinski definition) is 4. The van der Waals surface area contributed by atoms with Gasteiger partial charge in [-0.3, -0.25) is 13.9 Å². The van der Waals surface area contributed by atoms with Crippen molar-refractivity contribution >= 4 is 44.8 Å². The number of rotatable bonds is 8. The summed E-state index contributed by atoms with van der Waals surface area (Å²) in [6.07, 6.45) is 0. The Kier molecular flexibility index (Phi) is 7.61. The first kappa shape index (κ1) is 25.9. The molecule has 0 bridgehead atoms. The van der Waals surface area contributed by atoms with Crippen LogP contribution in [0.25, 0.3) is 0 Å². The highest BCUT2D eigenvalue weighted by atomic mass is 35.5. The van der Waals surface area contributed by atoms with Gasteiger partial charge in [0.1, 0.15) is 0 Å². The molecule has 0 aliphatic carbocycles. The summed E-state index contributed by atoms with van der Waals surface area (Å²) in [5.74, 6) is -1.29. The molecule has 0 saturated carbocycles. The van der Waals surface area contributed by atoms with Gasteiger partial charge < -0.3 is 11.1 Å². The van der Waals surface area contributed by atoms with Crippen LogP contribution in [0.4, 0.5) is 11.4 Å². The minimum Gasteiger partial charge on any atom is -0.366 e. The van der Waals surface area contributed by atoms with Crippen molar-refractivity contribution in [1.29, 1.82) is 0 Å². The first-order chi connectivity index (χ1) is 17.7. The molecule has 37 heavy (non-hydrogen) atoms. The fourth-order valence-corrected chi connectivity index (χ4v) is 5.37. The number of carbonyl (C=O) groups is 2. The average molecular weight is 534 g/mol. The molecule has 4 aromatic rings. The second kappa shape index (κ2) is 10.9. The number of primary amides is 1.